The molecule has 0 spiro atoms. The number of anilines is 2. The Labute approximate surface area is 182 Å². The van der Waals surface area contributed by atoms with Crippen LogP contribution in [0.15, 0.2) is 64.5 Å². The van der Waals surface area contributed by atoms with Crippen molar-refractivity contribution in [2.75, 3.05) is 11.6 Å². The number of rotatable bonds is 3. The molecule has 0 aliphatic heterocycles. The topological polar surface area (TPSA) is 118 Å². The number of pyridine rings is 2. The Balaban J connectivity index is 1.69. The normalized spacial score (nSPS) is 11.0. The van der Waals surface area contributed by atoms with Crippen LogP contribution >= 0.6 is 11.6 Å². The second-order valence-electron chi connectivity index (χ2n) is 6.56. The molecule has 3 heterocycles. The maximum Gasteiger partial charge on any atom is 0.280 e. The number of aromatic amines is 1. The van der Waals surface area contributed by atoms with Crippen LogP contribution in [0.1, 0.15) is 11.3 Å². The summed E-state index contributed by atoms with van der Waals surface area (Å²) in [7, 11) is -3.27. The van der Waals surface area contributed by atoms with Gasteiger partial charge < -0.3 is 5.32 Å². The van der Waals surface area contributed by atoms with E-state index < -0.39 is 15.4 Å². The minimum atomic E-state index is -3.27. The van der Waals surface area contributed by atoms with Crippen molar-refractivity contribution in [2.45, 2.75) is 4.90 Å². The van der Waals surface area contributed by atoms with E-state index >= 15 is 0 Å². The molecule has 0 aliphatic rings. The van der Waals surface area contributed by atoms with Crippen molar-refractivity contribution in [2.24, 2.45) is 0 Å². The fourth-order valence-corrected chi connectivity index (χ4v) is 3.55. The van der Waals surface area contributed by atoms with Crippen molar-refractivity contribution in [3.8, 4) is 11.8 Å². The Bertz CT molecular complexity index is 1520. The van der Waals surface area contributed by atoms with E-state index in [2.05, 4.69) is 37.3 Å². The van der Waals surface area contributed by atoms with E-state index in [4.69, 9.17) is 11.6 Å². The highest BCUT2D eigenvalue weighted by Gasteiger charge is 2.08. The van der Waals surface area contributed by atoms with Gasteiger partial charge in [-0.25, -0.2) is 23.5 Å². The molecule has 31 heavy (non-hydrogen) atoms. The van der Waals surface area contributed by atoms with Crippen molar-refractivity contribution >= 4 is 43.7 Å². The van der Waals surface area contributed by atoms with Gasteiger partial charge in [0, 0.05) is 35.1 Å². The van der Waals surface area contributed by atoms with Gasteiger partial charge in [0.25, 0.3) is 5.56 Å². The third-order valence-corrected chi connectivity index (χ3v) is 5.61. The molecule has 0 saturated heterocycles. The van der Waals surface area contributed by atoms with Gasteiger partial charge >= 0.3 is 0 Å². The lowest BCUT2D eigenvalue weighted by Crippen LogP contribution is -2.11. The molecule has 1 aromatic carbocycles. The predicted molar refractivity (Wildman–Crippen MR) is 118 cm³/mol. The molecule has 0 aliphatic carbocycles. The Morgan fingerprint density at radius 2 is 1.84 bits per heavy atom. The fraction of sp³-hybridized carbons (Fsp3) is 0.0476. The zero-order valence-electron chi connectivity index (χ0n) is 16.0. The summed E-state index contributed by atoms with van der Waals surface area (Å²) in [5.41, 5.74) is 0.868. The molecule has 0 unspecified atom stereocenters. The zero-order chi connectivity index (χ0) is 22.0. The molecular formula is C21H14ClN5O3S. The van der Waals surface area contributed by atoms with Crippen molar-refractivity contribution in [1.29, 1.82) is 0 Å². The molecule has 4 rings (SSSR count). The summed E-state index contributed by atoms with van der Waals surface area (Å²) in [6.07, 6.45) is 4.43. The molecule has 3 aromatic heterocycles. The Morgan fingerprint density at radius 1 is 1.06 bits per heavy atom. The second kappa shape index (κ2) is 8.18. The van der Waals surface area contributed by atoms with Crippen LogP contribution in [0.2, 0.25) is 5.15 Å². The van der Waals surface area contributed by atoms with Crippen LogP contribution < -0.4 is 10.9 Å². The van der Waals surface area contributed by atoms with Crippen LogP contribution in [0.4, 0.5) is 11.5 Å². The SMILES string of the molecule is CS(=O)(=O)c1ccc(Nc2cc3c(C#Cc4cc(Cl)n[nH]c4=O)nccc3cn2)cc1. The number of nitrogens with one attached hydrogen (secondary N) is 2. The van der Waals surface area contributed by atoms with Gasteiger partial charge in [-0.15, -0.1) is 0 Å². The van der Waals surface area contributed by atoms with E-state index in [9.17, 15) is 13.2 Å². The van der Waals surface area contributed by atoms with Crippen molar-refractivity contribution in [3.05, 3.63) is 81.6 Å². The monoisotopic (exact) mass is 451 g/mol. The van der Waals surface area contributed by atoms with Crippen molar-refractivity contribution in [1.82, 2.24) is 20.2 Å². The standard InChI is InChI=1S/C21H14ClN5O3S/c1-31(29,30)16-5-3-15(4-6-16)25-20-11-17-14(12-24-20)8-9-23-18(17)7-2-13-10-19(22)26-27-21(13)28/h3-6,8-12H,1H3,(H,24,25)(H,27,28). The molecule has 10 heteroatoms. The maximum absolute atomic E-state index is 11.8. The number of benzene rings is 1. The van der Waals surface area contributed by atoms with E-state index in [1.54, 1.807) is 36.7 Å². The molecule has 4 aromatic rings. The molecule has 2 N–H and O–H groups in total. The third kappa shape index (κ3) is 4.71. The lowest BCUT2D eigenvalue weighted by Gasteiger charge is -2.08. The quantitative estimate of drug-likeness (QED) is 0.460. The van der Waals surface area contributed by atoms with Gasteiger partial charge in [-0.05, 0) is 48.4 Å². The van der Waals surface area contributed by atoms with E-state index in [1.807, 2.05) is 0 Å². The first-order valence-corrected chi connectivity index (χ1v) is 11.2. The largest absolute Gasteiger partial charge is 0.340 e. The Hall–Kier alpha value is -3.74. The summed E-state index contributed by atoms with van der Waals surface area (Å²) >= 11 is 5.81. The number of hydrogen-bond donors (Lipinski definition) is 2. The molecule has 0 radical (unpaired) electrons. The Morgan fingerprint density at radius 3 is 2.58 bits per heavy atom. The van der Waals surface area contributed by atoms with Crippen molar-refractivity contribution < 1.29 is 8.42 Å². The van der Waals surface area contributed by atoms with Gasteiger partial charge in [-0.2, -0.15) is 5.10 Å². The van der Waals surface area contributed by atoms with Gasteiger partial charge in [0.2, 0.25) is 0 Å². The summed E-state index contributed by atoms with van der Waals surface area (Å²) in [5, 5.41) is 10.7. The van der Waals surface area contributed by atoms with E-state index in [-0.39, 0.29) is 15.6 Å². The number of fused-ring (bicyclic) bond motifs is 1. The zero-order valence-corrected chi connectivity index (χ0v) is 17.6. The van der Waals surface area contributed by atoms with E-state index in [0.717, 1.165) is 17.0 Å². The first-order chi connectivity index (χ1) is 14.8. The summed E-state index contributed by atoms with van der Waals surface area (Å²) < 4.78 is 23.2. The molecule has 0 bridgehead atoms. The maximum atomic E-state index is 11.8. The summed E-state index contributed by atoms with van der Waals surface area (Å²) in [6, 6.07) is 11.3. The van der Waals surface area contributed by atoms with Crippen LogP contribution in [0.5, 0.6) is 0 Å². The minimum absolute atomic E-state index is 0.132. The number of halogens is 1. The van der Waals surface area contributed by atoms with Gasteiger partial charge in [-0.3, -0.25) is 4.79 Å². The molecular weight excluding hydrogens is 438 g/mol. The average molecular weight is 452 g/mol. The second-order valence-corrected chi connectivity index (χ2v) is 8.96. The number of nitrogens with zero attached hydrogens (tertiary/aromatic N) is 3. The molecule has 0 atom stereocenters. The molecule has 0 amide bonds. The number of hydrogen-bond acceptors (Lipinski definition) is 7. The smallest absolute Gasteiger partial charge is 0.280 e. The summed E-state index contributed by atoms with van der Waals surface area (Å²) in [4.78, 5) is 20.8. The predicted octanol–water partition coefficient (Wildman–Crippen LogP) is 2.91. The Kier molecular flexibility index (Phi) is 5.42. The highest BCUT2D eigenvalue weighted by Crippen LogP contribution is 2.22. The summed E-state index contributed by atoms with van der Waals surface area (Å²) in [6.45, 7) is 0. The third-order valence-electron chi connectivity index (χ3n) is 4.29. The average Bonchev–Trinajstić information content (AvgIpc) is 2.74. The first kappa shape index (κ1) is 20.5. The van der Waals surface area contributed by atoms with Crippen LogP contribution in [0, 0.1) is 11.8 Å². The van der Waals surface area contributed by atoms with E-state index in [1.165, 1.54) is 18.2 Å². The lowest BCUT2D eigenvalue weighted by atomic mass is 10.1. The van der Waals surface area contributed by atoms with Gasteiger partial charge in [0.05, 0.1) is 10.5 Å². The summed E-state index contributed by atoms with van der Waals surface area (Å²) in [5.74, 6) is 6.20. The van der Waals surface area contributed by atoms with Gasteiger partial charge in [-0.1, -0.05) is 17.5 Å². The van der Waals surface area contributed by atoms with Crippen LogP contribution in [-0.4, -0.2) is 34.8 Å². The van der Waals surface area contributed by atoms with Crippen LogP contribution in [0.25, 0.3) is 10.8 Å². The lowest BCUT2D eigenvalue weighted by molar-refractivity contribution is 0.602. The molecule has 0 fully saturated rings. The van der Waals surface area contributed by atoms with E-state index in [0.29, 0.717) is 17.2 Å². The van der Waals surface area contributed by atoms with Crippen LogP contribution in [0.3, 0.4) is 0 Å². The minimum Gasteiger partial charge on any atom is -0.340 e. The first-order valence-electron chi connectivity index (χ1n) is 8.89. The van der Waals surface area contributed by atoms with Crippen LogP contribution in [-0.2, 0) is 9.84 Å². The van der Waals surface area contributed by atoms with Gasteiger partial charge in [0.1, 0.15) is 11.5 Å². The number of aromatic nitrogens is 4. The number of sulfone groups is 1. The van der Waals surface area contributed by atoms with Crippen molar-refractivity contribution in [3.63, 3.8) is 0 Å². The highest BCUT2D eigenvalue weighted by molar-refractivity contribution is 7.90. The molecule has 8 nitrogen and oxygen atoms in total. The highest BCUT2D eigenvalue weighted by atomic mass is 35.5. The fourth-order valence-electron chi connectivity index (χ4n) is 2.77. The number of H-pyrrole nitrogens is 1. The molecule has 0 saturated carbocycles. The van der Waals surface area contributed by atoms with Gasteiger partial charge in [0.15, 0.2) is 15.0 Å². The molecule has 154 valence electrons.